The Hall–Kier alpha value is -1.11. The van der Waals surface area contributed by atoms with Crippen molar-refractivity contribution >= 4 is 17.3 Å². The van der Waals surface area contributed by atoms with Crippen molar-refractivity contribution in [3.8, 4) is 0 Å². The van der Waals surface area contributed by atoms with E-state index >= 15 is 0 Å². The van der Waals surface area contributed by atoms with Crippen LogP contribution in [0.5, 0.6) is 0 Å². The number of fused-ring (bicyclic) bond motifs is 1. The molecule has 0 aliphatic carbocycles. The lowest BCUT2D eigenvalue weighted by Gasteiger charge is -2.27. The van der Waals surface area contributed by atoms with Crippen LogP contribution in [0.25, 0.3) is 0 Å². The second kappa shape index (κ2) is 10.9. The Bertz CT molecular complexity index is 548. The molecule has 26 heavy (non-hydrogen) atoms. The Morgan fingerprint density at radius 1 is 1.04 bits per heavy atom. The predicted octanol–water partition coefficient (Wildman–Crippen LogP) is 2.54. The van der Waals surface area contributed by atoms with Crippen LogP contribution >= 0.6 is 11.3 Å². The lowest BCUT2D eigenvalue weighted by atomic mass is 10.1. The summed E-state index contributed by atoms with van der Waals surface area (Å²) in [5.74, 6) is 0.939. The molecule has 1 aromatic rings. The third-order valence-electron chi connectivity index (χ3n) is 5.47. The van der Waals surface area contributed by atoms with Gasteiger partial charge in [-0.15, -0.1) is 11.3 Å². The molecular weight excluding hydrogens is 342 g/mol. The second-order valence-electron chi connectivity index (χ2n) is 7.43. The standard InChI is InChI=1S/C20H35N5S/c1-21-20(22-9-6-13-24-11-4-2-3-5-12-24)23-10-15-25-14-7-19-18(17-25)8-16-26-19/h8,16H,2-7,9-15,17H2,1H3,(H2,21,22,23). The summed E-state index contributed by atoms with van der Waals surface area (Å²) in [6.07, 6.45) is 7.97. The van der Waals surface area contributed by atoms with E-state index in [1.54, 1.807) is 4.88 Å². The van der Waals surface area contributed by atoms with Gasteiger partial charge in [-0.2, -0.15) is 0 Å². The Morgan fingerprint density at radius 3 is 2.65 bits per heavy atom. The van der Waals surface area contributed by atoms with E-state index in [0.717, 1.165) is 32.1 Å². The number of guanidine groups is 1. The van der Waals surface area contributed by atoms with Gasteiger partial charge in [0.2, 0.25) is 0 Å². The summed E-state index contributed by atoms with van der Waals surface area (Å²) in [5, 5.41) is 9.16. The lowest BCUT2D eigenvalue weighted by molar-refractivity contribution is 0.260. The summed E-state index contributed by atoms with van der Waals surface area (Å²) < 4.78 is 0. The van der Waals surface area contributed by atoms with E-state index in [-0.39, 0.29) is 0 Å². The van der Waals surface area contributed by atoms with Gasteiger partial charge in [-0.3, -0.25) is 9.89 Å². The molecule has 0 saturated carbocycles. The fourth-order valence-electron chi connectivity index (χ4n) is 3.92. The number of rotatable bonds is 7. The Labute approximate surface area is 162 Å². The van der Waals surface area contributed by atoms with Crippen molar-refractivity contribution in [3.63, 3.8) is 0 Å². The van der Waals surface area contributed by atoms with Crippen molar-refractivity contribution in [1.29, 1.82) is 0 Å². The molecular formula is C20H35N5S. The van der Waals surface area contributed by atoms with E-state index in [2.05, 4.69) is 36.9 Å². The Morgan fingerprint density at radius 2 is 1.85 bits per heavy atom. The monoisotopic (exact) mass is 377 g/mol. The van der Waals surface area contributed by atoms with Crippen molar-refractivity contribution in [1.82, 2.24) is 20.4 Å². The highest BCUT2D eigenvalue weighted by Gasteiger charge is 2.16. The molecule has 0 radical (unpaired) electrons. The van der Waals surface area contributed by atoms with Gasteiger partial charge in [0.1, 0.15) is 0 Å². The van der Waals surface area contributed by atoms with Crippen LogP contribution in [0.1, 0.15) is 42.5 Å². The van der Waals surface area contributed by atoms with Crippen LogP contribution in [0.3, 0.4) is 0 Å². The maximum Gasteiger partial charge on any atom is 0.191 e. The van der Waals surface area contributed by atoms with Gasteiger partial charge < -0.3 is 15.5 Å². The molecule has 2 aliphatic rings. The summed E-state index contributed by atoms with van der Waals surface area (Å²) in [7, 11) is 1.86. The fourth-order valence-corrected chi connectivity index (χ4v) is 4.81. The first kappa shape index (κ1) is 19.6. The van der Waals surface area contributed by atoms with Gasteiger partial charge in [0.25, 0.3) is 0 Å². The summed E-state index contributed by atoms with van der Waals surface area (Å²) >= 11 is 1.91. The molecule has 146 valence electrons. The van der Waals surface area contributed by atoms with Crippen LogP contribution in [0.4, 0.5) is 0 Å². The first-order valence-electron chi connectivity index (χ1n) is 10.3. The minimum absolute atomic E-state index is 0.939. The van der Waals surface area contributed by atoms with Crippen molar-refractivity contribution in [2.24, 2.45) is 4.99 Å². The first-order chi connectivity index (χ1) is 12.8. The molecule has 0 amide bonds. The highest BCUT2D eigenvalue weighted by molar-refractivity contribution is 7.10. The molecule has 2 N–H and O–H groups in total. The summed E-state index contributed by atoms with van der Waals surface area (Å²) in [6.45, 7) is 9.08. The SMILES string of the molecule is CN=C(NCCCN1CCCCCC1)NCCN1CCc2sccc2C1. The number of nitrogens with one attached hydrogen (secondary N) is 2. The topological polar surface area (TPSA) is 42.9 Å². The minimum atomic E-state index is 0.939. The summed E-state index contributed by atoms with van der Waals surface area (Å²) in [4.78, 5) is 11.1. The van der Waals surface area contributed by atoms with Crippen LogP contribution in [0.2, 0.25) is 0 Å². The average molecular weight is 378 g/mol. The number of likely N-dealkylation sites (tertiary alicyclic amines) is 1. The molecule has 0 spiro atoms. The van der Waals surface area contributed by atoms with E-state index in [1.165, 1.54) is 70.3 Å². The number of hydrogen-bond donors (Lipinski definition) is 2. The normalized spacial score (nSPS) is 19.8. The smallest absolute Gasteiger partial charge is 0.191 e. The second-order valence-corrected chi connectivity index (χ2v) is 8.43. The third kappa shape index (κ3) is 6.25. The van der Waals surface area contributed by atoms with E-state index in [1.807, 2.05) is 18.4 Å². The zero-order valence-electron chi connectivity index (χ0n) is 16.3. The lowest BCUT2D eigenvalue weighted by Crippen LogP contribution is -2.43. The van der Waals surface area contributed by atoms with Crippen molar-refractivity contribution in [3.05, 3.63) is 21.9 Å². The van der Waals surface area contributed by atoms with Gasteiger partial charge in [0.15, 0.2) is 5.96 Å². The molecule has 6 heteroatoms. The van der Waals surface area contributed by atoms with Crippen LogP contribution in [0.15, 0.2) is 16.4 Å². The van der Waals surface area contributed by atoms with Crippen LogP contribution < -0.4 is 10.6 Å². The van der Waals surface area contributed by atoms with Crippen LogP contribution in [0, 0.1) is 0 Å². The molecule has 3 rings (SSSR count). The van der Waals surface area contributed by atoms with Crippen molar-refractivity contribution in [2.45, 2.75) is 45.1 Å². The Kier molecular flexibility index (Phi) is 8.24. The van der Waals surface area contributed by atoms with Crippen molar-refractivity contribution < 1.29 is 0 Å². The van der Waals surface area contributed by atoms with Gasteiger partial charge in [0.05, 0.1) is 0 Å². The van der Waals surface area contributed by atoms with Gasteiger partial charge in [-0.1, -0.05) is 12.8 Å². The van der Waals surface area contributed by atoms with Gasteiger partial charge >= 0.3 is 0 Å². The number of aliphatic imine (C=N–C) groups is 1. The highest BCUT2D eigenvalue weighted by atomic mass is 32.1. The van der Waals surface area contributed by atoms with E-state index in [0.29, 0.717) is 0 Å². The number of thiophene rings is 1. The molecule has 5 nitrogen and oxygen atoms in total. The number of nitrogens with zero attached hydrogens (tertiary/aromatic N) is 3. The first-order valence-corrected chi connectivity index (χ1v) is 11.2. The molecule has 0 aromatic carbocycles. The zero-order chi connectivity index (χ0) is 18.0. The molecule has 1 aromatic heterocycles. The van der Waals surface area contributed by atoms with Gasteiger partial charge in [-0.25, -0.2) is 0 Å². The summed E-state index contributed by atoms with van der Waals surface area (Å²) in [6, 6.07) is 2.28. The fraction of sp³-hybridized carbons (Fsp3) is 0.750. The quantitative estimate of drug-likeness (QED) is 0.435. The maximum absolute atomic E-state index is 4.36. The van der Waals surface area contributed by atoms with Crippen LogP contribution in [-0.4, -0.2) is 68.6 Å². The summed E-state index contributed by atoms with van der Waals surface area (Å²) in [5.41, 5.74) is 1.53. The highest BCUT2D eigenvalue weighted by Crippen LogP contribution is 2.23. The van der Waals surface area contributed by atoms with Crippen LogP contribution in [-0.2, 0) is 13.0 Å². The largest absolute Gasteiger partial charge is 0.356 e. The average Bonchev–Trinajstić information content (AvgIpc) is 2.97. The molecule has 1 fully saturated rings. The molecule has 0 unspecified atom stereocenters. The molecule has 3 heterocycles. The van der Waals surface area contributed by atoms with E-state index in [9.17, 15) is 0 Å². The van der Waals surface area contributed by atoms with Gasteiger partial charge in [-0.05, 0) is 62.3 Å². The van der Waals surface area contributed by atoms with Crippen molar-refractivity contribution in [2.75, 3.05) is 52.9 Å². The predicted molar refractivity (Wildman–Crippen MR) is 112 cm³/mol. The zero-order valence-corrected chi connectivity index (χ0v) is 17.1. The maximum atomic E-state index is 4.36. The van der Waals surface area contributed by atoms with Gasteiger partial charge in [0, 0.05) is 44.6 Å². The third-order valence-corrected chi connectivity index (χ3v) is 6.50. The van der Waals surface area contributed by atoms with E-state index < -0.39 is 0 Å². The number of hydrogen-bond acceptors (Lipinski definition) is 4. The molecule has 1 saturated heterocycles. The van der Waals surface area contributed by atoms with E-state index in [4.69, 9.17) is 0 Å². The Balaban J connectivity index is 1.26. The minimum Gasteiger partial charge on any atom is -0.356 e. The molecule has 0 atom stereocenters. The molecule has 0 bridgehead atoms. The molecule has 2 aliphatic heterocycles.